The number of carbonyl (C=O) groups excluding carboxylic acids is 1. The Morgan fingerprint density at radius 3 is 3.36 bits per heavy atom. The van der Waals surface area contributed by atoms with Crippen LogP contribution in [0.1, 0.15) is 5.56 Å². The molecule has 0 unspecified atom stereocenters. The van der Waals surface area contributed by atoms with Gasteiger partial charge in [-0.1, -0.05) is 0 Å². The Bertz CT molecular complexity index is 291. The van der Waals surface area contributed by atoms with Crippen molar-refractivity contribution >= 4 is 5.78 Å². The second kappa shape index (κ2) is 2.38. The fraction of sp³-hybridized carbons (Fsp3) is 0.222. The Labute approximate surface area is 64.8 Å². The summed E-state index contributed by atoms with van der Waals surface area (Å²) in [6.07, 6.45) is 0.493. The molecule has 0 amide bonds. The molecule has 1 heterocycles. The fourth-order valence-electron chi connectivity index (χ4n) is 1.15. The summed E-state index contributed by atoms with van der Waals surface area (Å²) in [6, 6.07) is 8.33. The summed E-state index contributed by atoms with van der Waals surface area (Å²) >= 11 is 0. The van der Waals surface area contributed by atoms with Crippen LogP contribution in [0.3, 0.4) is 0 Å². The molecule has 1 aromatic rings. The van der Waals surface area contributed by atoms with E-state index in [1.807, 2.05) is 6.07 Å². The SMILES string of the molecule is O=C1COc2cc[c-]cc2C1. The molecule has 0 atom stereocenters. The maximum absolute atomic E-state index is 10.9. The van der Waals surface area contributed by atoms with Gasteiger partial charge in [-0.3, -0.25) is 4.79 Å². The Hall–Kier alpha value is -1.31. The first-order valence-electron chi connectivity index (χ1n) is 3.50. The van der Waals surface area contributed by atoms with Crippen LogP contribution in [-0.2, 0) is 11.2 Å². The summed E-state index contributed by atoms with van der Waals surface area (Å²) in [7, 11) is 0. The number of carbonyl (C=O) groups is 1. The van der Waals surface area contributed by atoms with Gasteiger partial charge in [0.15, 0.2) is 5.78 Å². The molecule has 0 bridgehead atoms. The largest absolute Gasteiger partial charge is 0.511 e. The van der Waals surface area contributed by atoms with Gasteiger partial charge in [-0.2, -0.15) is 18.2 Å². The van der Waals surface area contributed by atoms with Gasteiger partial charge in [-0.25, -0.2) is 0 Å². The van der Waals surface area contributed by atoms with Crippen molar-refractivity contribution in [2.75, 3.05) is 6.61 Å². The molecule has 1 aromatic carbocycles. The average Bonchev–Trinajstić information content (AvgIpc) is 2.04. The monoisotopic (exact) mass is 147 g/mol. The van der Waals surface area contributed by atoms with E-state index in [0.717, 1.165) is 11.3 Å². The maximum Gasteiger partial charge on any atom is 0.163 e. The van der Waals surface area contributed by atoms with E-state index in [1.165, 1.54) is 0 Å². The molecule has 0 N–H and O–H groups in total. The molecule has 11 heavy (non-hydrogen) atoms. The highest BCUT2D eigenvalue weighted by atomic mass is 16.5. The van der Waals surface area contributed by atoms with Gasteiger partial charge >= 0.3 is 0 Å². The van der Waals surface area contributed by atoms with Crippen LogP contribution in [0.15, 0.2) is 18.2 Å². The first-order valence-corrected chi connectivity index (χ1v) is 3.50. The Morgan fingerprint density at radius 2 is 2.45 bits per heavy atom. The third-order valence-electron chi connectivity index (χ3n) is 1.68. The quantitative estimate of drug-likeness (QED) is 0.511. The second-order valence-electron chi connectivity index (χ2n) is 2.54. The summed E-state index contributed by atoms with van der Waals surface area (Å²) in [5, 5.41) is 0. The van der Waals surface area contributed by atoms with Gasteiger partial charge in [0.05, 0.1) is 0 Å². The average molecular weight is 147 g/mol. The molecule has 0 aliphatic carbocycles. The van der Waals surface area contributed by atoms with Crippen LogP contribution in [0, 0.1) is 6.07 Å². The van der Waals surface area contributed by atoms with Crippen LogP contribution in [0.2, 0.25) is 0 Å². The lowest BCUT2D eigenvalue weighted by atomic mass is 10.1. The van der Waals surface area contributed by atoms with Gasteiger partial charge in [-0.15, -0.1) is 11.6 Å². The minimum atomic E-state index is 0.136. The summed E-state index contributed by atoms with van der Waals surface area (Å²) in [4.78, 5) is 10.9. The van der Waals surface area contributed by atoms with Crippen molar-refractivity contribution < 1.29 is 9.53 Å². The van der Waals surface area contributed by atoms with E-state index in [0.29, 0.717) is 6.42 Å². The molecule has 56 valence electrons. The lowest BCUT2D eigenvalue weighted by Gasteiger charge is -2.21. The highest BCUT2D eigenvalue weighted by Gasteiger charge is 2.09. The zero-order chi connectivity index (χ0) is 7.68. The van der Waals surface area contributed by atoms with E-state index in [1.54, 1.807) is 12.1 Å². The number of hydrogen-bond acceptors (Lipinski definition) is 2. The number of benzene rings is 1. The lowest BCUT2D eigenvalue weighted by Crippen LogP contribution is -2.19. The first kappa shape index (κ1) is 6.40. The predicted octanol–water partition coefficient (Wildman–Crippen LogP) is 0.991. The van der Waals surface area contributed by atoms with Gasteiger partial charge < -0.3 is 4.74 Å². The van der Waals surface area contributed by atoms with E-state index in [-0.39, 0.29) is 12.4 Å². The van der Waals surface area contributed by atoms with Gasteiger partial charge in [0.25, 0.3) is 0 Å². The normalized spacial score (nSPS) is 15.5. The third kappa shape index (κ3) is 1.11. The van der Waals surface area contributed by atoms with E-state index in [9.17, 15) is 4.79 Å². The van der Waals surface area contributed by atoms with Crippen LogP contribution in [0.4, 0.5) is 0 Å². The van der Waals surface area contributed by atoms with Crippen molar-refractivity contribution in [2.45, 2.75) is 6.42 Å². The highest BCUT2D eigenvalue weighted by Crippen LogP contribution is 2.21. The predicted molar refractivity (Wildman–Crippen MR) is 39.5 cm³/mol. The molecule has 0 saturated heterocycles. The highest BCUT2D eigenvalue weighted by molar-refractivity contribution is 5.84. The van der Waals surface area contributed by atoms with Crippen molar-refractivity contribution in [3.63, 3.8) is 0 Å². The number of ether oxygens (including phenoxy) is 1. The molecular formula is C9H7O2-. The first-order chi connectivity index (χ1) is 5.36. The molecular weight excluding hydrogens is 140 g/mol. The van der Waals surface area contributed by atoms with E-state index in [2.05, 4.69) is 6.07 Å². The molecule has 2 nitrogen and oxygen atoms in total. The molecule has 2 heteroatoms. The number of ketones is 1. The summed E-state index contributed by atoms with van der Waals surface area (Å²) in [6.45, 7) is 0.219. The molecule has 0 fully saturated rings. The van der Waals surface area contributed by atoms with Gasteiger partial charge in [0.2, 0.25) is 0 Å². The zero-order valence-corrected chi connectivity index (χ0v) is 5.96. The minimum Gasteiger partial charge on any atom is -0.511 e. The molecule has 0 spiro atoms. The van der Waals surface area contributed by atoms with E-state index >= 15 is 0 Å². The maximum atomic E-state index is 10.9. The lowest BCUT2D eigenvalue weighted by molar-refractivity contribution is -0.121. The van der Waals surface area contributed by atoms with Crippen LogP contribution in [0.5, 0.6) is 5.75 Å². The summed E-state index contributed by atoms with van der Waals surface area (Å²) in [5.74, 6) is 0.959. The smallest absolute Gasteiger partial charge is 0.163 e. The van der Waals surface area contributed by atoms with Gasteiger partial charge in [-0.05, 0) is 6.42 Å². The topological polar surface area (TPSA) is 26.3 Å². The number of Topliss-reactive ketones (excluding diaryl/α,β-unsaturated/α-hetero) is 1. The van der Waals surface area contributed by atoms with Crippen LogP contribution >= 0.6 is 0 Å². The van der Waals surface area contributed by atoms with Crippen molar-refractivity contribution in [3.8, 4) is 5.75 Å². The Morgan fingerprint density at radius 1 is 1.55 bits per heavy atom. The van der Waals surface area contributed by atoms with E-state index < -0.39 is 0 Å². The van der Waals surface area contributed by atoms with Gasteiger partial charge in [0, 0.05) is 5.75 Å². The third-order valence-corrected chi connectivity index (χ3v) is 1.68. The van der Waals surface area contributed by atoms with E-state index in [4.69, 9.17) is 4.74 Å². The molecule has 1 aliphatic rings. The summed E-state index contributed by atoms with van der Waals surface area (Å²) < 4.78 is 5.17. The fourth-order valence-corrected chi connectivity index (χ4v) is 1.15. The molecule has 1 aliphatic heterocycles. The molecule has 2 rings (SSSR count). The second-order valence-corrected chi connectivity index (χ2v) is 2.54. The molecule has 0 saturated carbocycles. The van der Waals surface area contributed by atoms with Crippen molar-refractivity contribution in [1.29, 1.82) is 0 Å². The minimum absolute atomic E-state index is 0.136. The number of fused-ring (bicyclic) bond motifs is 1. The number of rotatable bonds is 0. The summed E-state index contributed by atoms with van der Waals surface area (Å²) in [5.41, 5.74) is 0.948. The standard InChI is InChI=1S/C9H7O2/c10-8-5-7-3-1-2-4-9(7)11-6-8/h2-4H,5-6H2/q-1. The molecule has 0 radical (unpaired) electrons. The van der Waals surface area contributed by atoms with Crippen molar-refractivity contribution in [1.82, 2.24) is 0 Å². The van der Waals surface area contributed by atoms with Crippen LogP contribution < -0.4 is 4.74 Å². The van der Waals surface area contributed by atoms with Crippen molar-refractivity contribution in [3.05, 3.63) is 29.8 Å². The zero-order valence-electron chi connectivity index (χ0n) is 5.96. The molecule has 0 aromatic heterocycles. The van der Waals surface area contributed by atoms with Crippen molar-refractivity contribution in [2.24, 2.45) is 0 Å². The number of hydrogen-bond donors (Lipinski definition) is 0. The Kier molecular flexibility index (Phi) is 1.39. The van der Waals surface area contributed by atoms with Crippen LogP contribution in [0.25, 0.3) is 0 Å². The van der Waals surface area contributed by atoms with Crippen LogP contribution in [-0.4, -0.2) is 12.4 Å². The van der Waals surface area contributed by atoms with Gasteiger partial charge in [0.1, 0.15) is 6.61 Å². The Balaban J connectivity index is 2.41.